The lowest BCUT2D eigenvalue weighted by Crippen LogP contribution is -2.18. The molecule has 1 heterocycles. The molecule has 8 heteroatoms. The Balaban J connectivity index is 2.36. The topological polar surface area (TPSA) is 62.2 Å². The van der Waals surface area contributed by atoms with E-state index in [-0.39, 0.29) is 30.6 Å². The third kappa shape index (κ3) is 5.62. The van der Waals surface area contributed by atoms with Crippen LogP contribution in [0.3, 0.4) is 0 Å². The number of pyridine rings is 1. The standard InChI is InChI=1S/C19H18F4N2O2/c1-12-13(3-2-4-17(12)20)5-6-14(7-8-18(26)25-27)15-9-16(11-24-10-15)19(21,22)23/h2-4,6,9-11,27H,5,7-8H2,1H3,(H,25,26)/b14-6+. The summed E-state index contributed by atoms with van der Waals surface area (Å²) in [7, 11) is 0. The Morgan fingerprint density at radius 1 is 1.26 bits per heavy atom. The molecule has 4 nitrogen and oxygen atoms in total. The number of halogens is 4. The molecule has 144 valence electrons. The van der Waals surface area contributed by atoms with Gasteiger partial charge in [-0.25, -0.2) is 9.87 Å². The normalized spacial score (nSPS) is 12.1. The largest absolute Gasteiger partial charge is 0.417 e. The number of hydroxylamine groups is 1. The fraction of sp³-hybridized carbons (Fsp3) is 0.263. The number of nitrogens with one attached hydrogen (secondary N) is 1. The maximum atomic E-state index is 13.7. The first-order chi connectivity index (χ1) is 12.7. The smallest absolute Gasteiger partial charge is 0.289 e. The van der Waals surface area contributed by atoms with Crippen LogP contribution in [0, 0.1) is 12.7 Å². The highest BCUT2D eigenvalue weighted by molar-refractivity contribution is 5.78. The summed E-state index contributed by atoms with van der Waals surface area (Å²) in [6.07, 6.45) is -0.672. The average molecular weight is 382 g/mol. The maximum Gasteiger partial charge on any atom is 0.417 e. The highest BCUT2D eigenvalue weighted by Crippen LogP contribution is 2.31. The van der Waals surface area contributed by atoms with Crippen LogP contribution in [0.1, 0.15) is 35.1 Å². The maximum absolute atomic E-state index is 13.7. The molecule has 0 aliphatic heterocycles. The molecule has 1 amide bonds. The molecule has 2 rings (SSSR count). The fourth-order valence-corrected chi connectivity index (χ4v) is 2.55. The summed E-state index contributed by atoms with van der Waals surface area (Å²) < 4.78 is 52.5. The van der Waals surface area contributed by atoms with Gasteiger partial charge in [0.15, 0.2) is 0 Å². The van der Waals surface area contributed by atoms with E-state index in [2.05, 4.69) is 4.98 Å². The number of carbonyl (C=O) groups is 1. The number of hydrogen-bond acceptors (Lipinski definition) is 3. The molecular formula is C19H18F4N2O2. The zero-order valence-corrected chi connectivity index (χ0v) is 14.5. The molecule has 0 bridgehead atoms. The zero-order valence-electron chi connectivity index (χ0n) is 14.5. The molecule has 0 radical (unpaired) electrons. The predicted octanol–water partition coefficient (Wildman–Crippen LogP) is 4.46. The molecule has 1 aromatic heterocycles. The second kappa shape index (κ2) is 8.77. The Morgan fingerprint density at radius 3 is 2.67 bits per heavy atom. The minimum absolute atomic E-state index is 0.0871. The molecule has 0 aliphatic rings. The Morgan fingerprint density at radius 2 is 2.00 bits per heavy atom. The molecular weight excluding hydrogens is 364 g/mol. The third-order valence-electron chi connectivity index (χ3n) is 4.13. The number of benzene rings is 1. The zero-order chi connectivity index (χ0) is 20.0. The van der Waals surface area contributed by atoms with Gasteiger partial charge in [-0.1, -0.05) is 18.2 Å². The van der Waals surface area contributed by atoms with Gasteiger partial charge in [0.05, 0.1) is 5.56 Å². The van der Waals surface area contributed by atoms with Gasteiger partial charge >= 0.3 is 6.18 Å². The number of allylic oxidation sites excluding steroid dienone is 2. The quantitative estimate of drug-likeness (QED) is 0.441. The predicted molar refractivity (Wildman–Crippen MR) is 91.2 cm³/mol. The minimum Gasteiger partial charge on any atom is -0.289 e. The number of carbonyl (C=O) groups excluding carboxylic acids is 1. The first kappa shape index (κ1) is 20.6. The number of nitrogens with zero attached hydrogens (tertiary/aromatic N) is 1. The second-order valence-electron chi connectivity index (χ2n) is 5.95. The van der Waals surface area contributed by atoms with Crippen molar-refractivity contribution >= 4 is 11.5 Å². The SMILES string of the molecule is Cc1c(F)cccc1C/C=C(\CCC(=O)NO)c1cncc(C(F)(F)F)c1. The van der Waals surface area contributed by atoms with Crippen LogP contribution < -0.4 is 5.48 Å². The molecule has 0 saturated carbocycles. The Kier molecular flexibility index (Phi) is 6.68. The van der Waals surface area contributed by atoms with Gasteiger partial charge in [0.1, 0.15) is 5.82 Å². The van der Waals surface area contributed by atoms with Crippen LogP contribution >= 0.6 is 0 Å². The van der Waals surface area contributed by atoms with Crippen LogP contribution in [0.25, 0.3) is 5.57 Å². The van der Waals surface area contributed by atoms with Gasteiger partial charge in [-0.05, 0) is 54.2 Å². The Labute approximate surface area is 153 Å². The van der Waals surface area contributed by atoms with E-state index in [4.69, 9.17) is 5.21 Å². The van der Waals surface area contributed by atoms with Crippen LogP contribution in [0.2, 0.25) is 0 Å². The van der Waals surface area contributed by atoms with Gasteiger partial charge < -0.3 is 0 Å². The fourth-order valence-electron chi connectivity index (χ4n) is 2.55. The summed E-state index contributed by atoms with van der Waals surface area (Å²) in [6.45, 7) is 1.61. The molecule has 0 unspecified atom stereocenters. The first-order valence-electron chi connectivity index (χ1n) is 8.11. The minimum atomic E-state index is -4.55. The van der Waals surface area contributed by atoms with Gasteiger partial charge in [0.25, 0.3) is 0 Å². The summed E-state index contributed by atoms with van der Waals surface area (Å²) in [5, 5.41) is 8.62. The van der Waals surface area contributed by atoms with Gasteiger partial charge in [0, 0.05) is 18.8 Å². The number of amides is 1. The van der Waals surface area contributed by atoms with E-state index in [1.807, 2.05) is 0 Å². The van der Waals surface area contributed by atoms with Crippen molar-refractivity contribution in [2.24, 2.45) is 0 Å². The molecule has 0 fully saturated rings. The lowest BCUT2D eigenvalue weighted by atomic mass is 9.97. The first-order valence-corrected chi connectivity index (χ1v) is 8.11. The van der Waals surface area contributed by atoms with Crippen molar-refractivity contribution in [2.45, 2.75) is 32.4 Å². The summed E-state index contributed by atoms with van der Waals surface area (Å²) in [4.78, 5) is 14.9. The van der Waals surface area contributed by atoms with E-state index >= 15 is 0 Å². The van der Waals surface area contributed by atoms with Crippen molar-refractivity contribution in [3.8, 4) is 0 Å². The monoisotopic (exact) mass is 382 g/mol. The van der Waals surface area contributed by atoms with Crippen molar-refractivity contribution in [3.63, 3.8) is 0 Å². The van der Waals surface area contributed by atoms with Crippen molar-refractivity contribution in [1.82, 2.24) is 10.5 Å². The van der Waals surface area contributed by atoms with E-state index in [1.165, 1.54) is 17.7 Å². The number of hydrogen-bond donors (Lipinski definition) is 2. The summed E-state index contributed by atoms with van der Waals surface area (Å²) >= 11 is 0. The highest BCUT2D eigenvalue weighted by Gasteiger charge is 2.31. The van der Waals surface area contributed by atoms with E-state index in [0.29, 0.717) is 16.7 Å². The number of rotatable bonds is 6. The van der Waals surface area contributed by atoms with Gasteiger partial charge in [-0.15, -0.1) is 0 Å². The summed E-state index contributed by atoms with van der Waals surface area (Å²) in [5.41, 5.74) is 2.37. The Bertz CT molecular complexity index is 848. The van der Waals surface area contributed by atoms with E-state index in [9.17, 15) is 22.4 Å². The van der Waals surface area contributed by atoms with Crippen LogP contribution in [0.5, 0.6) is 0 Å². The lowest BCUT2D eigenvalue weighted by molar-refractivity contribution is -0.137. The number of aromatic nitrogens is 1. The average Bonchev–Trinajstić information content (AvgIpc) is 2.64. The van der Waals surface area contributed by atoms with Crippen molar-refractivity contribution in [2.75, 3.05) is 0 Å². The Hall–Kier alpha value is -2.74. The highest BCUT2D eigenvalue weighted by atomic mass is 19.4. The molecule has 2 aromatic rings. The summed E-state index contributed by atoms with van der Waals surface area (Å²) in [5.74, 6) is -1.04. The van der Waals surface area contributed by atoms with Crippen LogP contribution in [-0.4, -0.2) is 16.1 Å². The van der Waals surface area contributed by atoms with E-state index in [0.717, 1.165) is 12.3 Å². The van der Waals surface area contributed by atoms with Crippen LogP contribution in [-0.2, 0) is 17.4 Å². The molecule has 0 saturated heterocycles. The molecule has 0 spiro atoms. The van der Waals surface area contributed by atoms with Crippen LogP contribution in [0.4, 0.5) is 17.6 Å². The van der Waals surface area contributed by atoms with Gasteiger partial charge in [-0.3, -0.25) is 15.0 Å². The molecule has 1 aromatic carbocycles. The lowest BCUT2D eigenvalue weighted by Gasteiger charge is -2.12. The van der Waals surface area contributed by atoms with Crippen molar-refractivity contribution in [3.05, 3.63) is 70.8 Å². The van der Waals surface area contributed by atoms with Gasteiger partial charge in [0.2, 0.25) is 5.91 Å². The van der Waals surface area contributed by atoms with E-state index < -0.39 is 17.6 Å². The van der Waals surface area contributed by atoms with Crippen molar-refractivity contribution < 1.29 is 27.6 Å². The molecule has 27 heavy (non-hydrogen) atoms. The van der Waals surface area contributed by atoms with E-state index in [1.54, 1.807) is 25.1 Å². The number of alkyl halides is 3. The van der Waals surface area contributed by atoms with Gasteiger partial charge in [-0.2, -0.15) is 13.2 Å². The van der Waals surface area contributed by atoms with Crippen LogP contribution in [0.15, 0.2) is 42.7 Å². The molecule has 2 N–H and O–H groups in total. The third-order valence-corrected chi connectivity index (χ3v) is 4.13. The van der Waals surface area contributed by atoms with Crippen molar-refractivity contribution in [1.29, 1.82) is 0 Å². The molecule has 0 atom stereocenters. The second-order valence-corrected chi connectivity index (χ2v) is 5.95. The molecule has 0 aliphatic carbocycles. The summed E-state index contributed by atoms with van der Waals surface area (Å²) in [6, 6.07) is 5.55.